The van der Waals surface area contributed by atoms with Crippen LogP contribution < -0.4 is 20.1 Å². The zero-order chi connectivity index (χ0) is 13.9. The van der Waals surface area contributed by atoms with Crippen molar-refractivity contribution in [2.24, 2.45) is 0 Å². The number of methoxy groups -OCH3 is 2. The zero-order valence-corrected chi connectivity index (χ0v) is 12.3. The summed E-state index contributed by atoms with van der Waals surface area (Å²) in [4.78, 5) is 0. The van der Waals surface area contributed by atoms with E-state index < -0.39 is 6.49 Å². The van der Waals surface area contributed by atoms with Crippen LogP contribution in [0.5, 0.6) is 11.5 Å². The van der Waals surface area contributed by atoms with Gasteiger partial charge in [0.25, 0.3) is 0 Å². The molecule has 0 heterocycles. The number of ether oxygens (including phenoxy) is 2. The van der Waals surface area contributed by atoms with Gasteiger partial charge in [0.15, 0.2) is 0 Å². The lowest BCUT2D eigenvalue weighted by Gasteiger charge is -2.12. The number of rotatable bonds is 4. The summed E-state index contributed by atoms with van der Waals surface area (Å²) < 4.78 is 22.8. The molecule has 0 aliphatic rings. The molecule has 19 heavy (non-hydrogen) atoms. The average molecular weight is 297 g/mol. The van der Waals surface area contributed by atoms with Gasteiger partial charge in [-0.05, 0) is 59.8 Å². The Morgan fingerprint density at radius 1 is 0.789 bits per heavy atom. The molecular formula is C14H14ClO3P. The minimum absolute atomic E-state index is 0.583. The van der Waals surface area contributed by atoms with Gasteiger partial charge in [-0.15, -0.1) is 0 Å². The molecule has 0 amide bonds. The lowest BCUT2D eigenvalue weighted by atomic mass is 10.3. The molecule has 100 valence electrons. The maximum Gasteiger partial charge on any atom is 0.225 e. The third-order valence-electron chi connectivity index (χ3n) is 2.81. The molecule has 0 spiro atoms. The zero-order valence-electron chi connectivity index (χ0n) is 10.7. The van der Waals surface area contributed by atoms with Crippen molar-refractivity contribution in [3.8, 4) is 11.5 Å². The van der Waals surface area contributed by atoms with Gasteiger partial charge in [-0.1, -0.05) is 0 Å². The fourth-order valence-corrected chi connectivity index (χ4v) is 3.74. The molecule has 0 N–H and O–H groups in total. The highest BCUT2D eigenvalue weighted by molar-refractivity contribution is 8.00. The first kappa shape index (κ1) is 14.0. The fourth-order valence-electron chi connectivity index (χ4n) is 1.70. The van der Waals surface area contributed by atoms with Crippen molar-refractivity contribution >= 4 is 28.3 Å². The van der Waals surface area contributed by atoms with Crippen LogP contribution in [0.15, 0.2) is 48.5 Å². The Morgan fingerprint density at radius 3 is 1.37 bits per heavy atom. The van der Waals surface area contributed by atoms with E-state index >= 15 is 0 Å². The number of halogens is 1. The Labute approximate surface area is 117 Å². The van der Waals surface area contributed by atoms with Gasteiger partial charge in [-0.25, -0.2) is 0 Å². The molecule has 0 atom stereocenters. The molecule has 3 nitrogen and oxygen atoms in total. The number of hydrogen-bond donors (Lipinski definition) is 0. The van der Waals surface area contributed by atoms with Crippen molar-refractivity contribution in [1.29, 1.82) is 0 Å². The summed E-state index contributed by atoms with van der Waals surface area (Å²) in [5.74, 6) is 1.41. The molecule has 0 aromatic heterocycles. The predicted molar refractivity (Wildman–Crippen MR) is 78.7 cm³/mol. The van der Waals surface area contributed by atoms with Gasteiger partial charge in [0.1, 0.15) is 11.5 Å². The van der Waals surface area contributed by atoms with E-state index in [1.807, 2.05) is 0 Å². The molecule has 0 unspecified atom stereocenters. The minimum atomic E-state index is -3.10. The molecule has 0 radical (unpaired) electrons. The molecule has 2 aromatic carbocycles. The van der Waals surface area contributed by atoms with Crippen molar-refractivity contribution in [1.82, 2.24) is 0 Å². The molecule has 0 saturated carbocycles. The third-order valence-corrected chi connectivity index (χ3v) is 5.90. The first-order valence-corrected chi connectivity index (χ1v) is 8.28. The van der Waals surface area contributed by atoms with E-state index in [0.717, 1.165) is 0 Å². The van der Waals surface area contributed by atoms with Crippen LogP contribution in [-0.2, 0) is 4.57 Å². The van der Waals surface area contributed by atoms with Crippen LogP contribution in [-0.4, -0.2) is 14.2 Å². The van der Waals surface area contributed by atoms with Crippen LogP contribution in [0.25, 0.3) is 0 Å². The highest BCUT2D eigenvalue weighted by Crippen LogP contribution is 2.49. The maximum absolute atomic E-state index is 12.7. The van der Waals surface area contributed by atoms with E-state index in [-0.39, 0.29) is 0 Å². The van der Waals surface area contributed by atoms with Gasteiger partial charge in [0.2, 0.25) is 6.49 Å². The predicted octanol–water partition coefficient (Wildman–Crippen LogP) is 3.17. The topological polar surface area (TPSA) is 35.5 Å². The first-order chi connectivity index (χ1) is 9.07. The van der Waals surface area contributed by atoms with Crippen molar-refractivity contribution in [2.45, 2.75) is 0 Å². The molecule has 0 saturated heterocycles. The molecule has 0 aliphatic carbocycles. The van der Waals surface area contributed by atoms with Gasteiger partial charge >= 0.3 is 0 Å². The Balaban J connectivity index is 2.36. The second-order valence-corrected chi connectivity index (χ2v) is 7.45. The van der Waals surface area contributed by atoms with Crippen LogP contribution in [0.4, 0.5) is 0 Å². The second kappa shape index (κ2) is 5.68. The molecule has 0 bridgehead atoms. The van der Waals surface area contributed by atoms with Crippen LogP contribution >= 0.6 is 17.7 Å². The van der Waals surface area contributed by atoms with E-state index in [9.17, 15) is 4.57 Å². The van der Waals surface area contributed by atoms with E-state index in [2.05, 4.69) is 0 Å². The van der Waals surface area contributed by atoms with Crippen LogP contribution in [0, 0.1) is 0 Å². The standard InChI is InChI=1S/C14H14ClO3P/c1-17-11-3-7-13(8-4-11)19(15,16)14-9-5-12(18-2)6-10-14/h3-10H,1-2H3. The Hall–Kier alpha value is -1.44. The quantitative estimate of drug-likeness (QED) is 0.813. The normalized spacial score (nSPS) is 11.1. The average Bonchev–Trinajstić information content (AvgIpc) is 2.47. The second-order valence-electron chi connectivity index (χ2n) is 3.93. The van der Waals surface area contributed by atoms with Gasteiger partial charge in [-0.2, -0.15) is 0 Å². The highest BCUT2D eigenvalue weighted by Gasteiger charge is 2.24. The van der Waals surface area contributed by atoms with E-state index in [1.54, 1.807) is 62.8 Å². The summed E-state index contributed by atoms with van der Waals surface area (Å²) in [6.07, 6.45) is 0. The van der Waals surface area contributed by atoms with Crippen LogP contribution in [0.1, 0.15) is 0 Å². The SMILES string of the molecule is COc1ccc(P(=O)(Cl)c2ccc(OC)cc2)cc1. The van der Waals surface area contributed by atoms with Crippen molar-refractivity contribution in [3.63, 3.8) is 0 Å². The Morgan fingerprint density at radius 2 is 1.11 bits per heavy atom. The molecule has 5 heteroatoms. The summed E-state index contributed by atoms with van der Waals surface area (Å²) in [5.41, 5.74) is 0. The van der Waals surface area contributed by atoms with Crippen molar-refractivity contribution < 1.29 is 14.0 Å². The fraction of sp³-hybridized carbons (Fsp3) is 0.143. The first-order valence-electron chi connectivity index (χ1n) is 5.67. The molecule has 0 fully saturated rings. The Bertz CT molecular complexity index is 542. The monoisotopic (exact) mass is 296 g/mol. The minimum Gasteiger partial charge on any atom is -0.497 e. The summed E-state index contributed by atoms with van der Waals surface area (Å²) in [7, 11) is 3.16. The smallest absolute Gasteiger partial charge is 0.225 e. The van der Waals surface area contributed by atoms with E-state index in [4.69, 9.17) is 20.7 Å². The Kier molecular flexibility index (Phi) is 4.18. The van der Waals surface area contributed by atoms with Gasteiger partial charge in [0.05, 0.1) is 14.2 Å². The van der Waals surface area contributed by atoms with E-state index in [0.29, 0.717) is 22.1 Å². The summed E-state index contributed by atoms with van der Waals surface area (Å²) >= 11 is 6.25. The van der Waals surface area contributed by atoms with E-state index in [1.165, 1.54) is 0 Å². The van der Waals surface area contributed by atoms with Crippen molar-refractivity contribution in [2.75, 3.05) is 14.2 Å². The summed E-state index contributed by atoms with van der Waals surface area (Å²) in [6.45, 7) is -3.10. The van der Waals surface area contributed by atoms with Gasteiger partial charge in [-0.3, -0.25) is 4.57 Å². The van der Waals surface area contributed by atoms with Crippen LogP contribution in [0.2, 0.25) is 0 Å². The largest absolute Gasteiger partial charge is 0.497 e. The van der Waals surface area contributed by atoms with Crippen LogP contribution in [0.3, 0.4) is 0 Å². The number of hydrogen-bond acceptors (Lipinski definition) is 3. The lowest BCUT2D eigenvalue weighted by molar-refractivity contribution is 0.415. The summed E-state index contributed by atoms with van der Waals surface area (Å²) in [6, 6.07) is 13.9. The number of benzene rings is 2. The molecule has 0 aliphatic heterocycles. The summed E-state index contributed by atoms with van der Waals surface area (Å²) in [5, 5.41) is 1.17. The third kappa shape index (κ3) is 2.94. The maximum atomic E-state index is 12.7. The highest BCUT2D eigenvalue weighted by atomic mass is 35.7. The lowest BCUT2D eigenvalue weighted by Crippen LogP contribution is -2.11. The van der Waals surface area contributed by atoms with Crippen molar-refractivity contribution in [3.05, 3.63) is 48.5 Å². The van der Waals surface area contributed by atoms with Gasteiger partial charge < -0.3 is 9.47 Å². The van der Waals surface area contributed by atoms with Gasteiger partial charge in [0, 0.05) is 10.6 Å². The molecule has 2 rings (SSSR count). The molecular weight excluding hydrogens is 283 g/mol. The molecule has 2 aromatic rings.